The Labute approximate surface area is 99.2 Å². The molecule has 0 bridgehead atoms. The molecule has 2 fully saturated rings. The third-order valence-corrected chi connectivity index (χ3v) is 4.48. The highest BCUT2D eigenvalue weighted by Crippen LogP contribution is 2.64. The minimum absolute atomic E-state index is 0.121. The standard InChI is InChI=1S/C13H14ClFO/c14-11-6-5-8(7-12(11)15)13(16)9-3-1-2-4-10(9)13/h5-7,9-10,16H,1-4H2. The Morgan fingerprint density at radius 3 is 2.44 bits per heavy atom. The zero-order chi connectivity index (χ0) is 11.3. The van der Waals surface area contributed by atoms with Gasteiger partial charge in [-0.15, -0.1) is 0 Å². The Balaban J connectivity index is 1.95. The van der Waals surface area contributed by atoms with Gasteiger partial charge in [0, 0.05) is 0 Å². The molecule has 16 heavy (non-hydrogen) atoms. The van der Waals surface area contributed by atoms with Crippen molar-refractivity contribution in [2.24, 2.45) is 11.8 Å². The molecule has 2 aliphatic rings. The van der Waals surface area contributed by atoms with Crippen molar-refractivity contribution in [1.29, 1.82) is 0 Å². The maximum Gasteiger partial charge on any atom is 0.142 e. The second-order valence-corrected chi connectivity index (χ2v) is 5.36. The molecule has 1 aromatic rings. The second kappa shape index (κ2) is 3.44. The largest absolute Gasteiger partial charge is 0.385 e. The lowest BCUT2D eigenvalue weighted by Gasteiger charge is -2.11. The number of benzene rings is 1. The molecular weight excluding hydrogens is 227 g/mol. The van der Waals surface area contributed by atoms with E-state index in [1.807, 2.05) is 0 Å². The molecule has 2 unspecified atom stereocenters. The normalized spacial score (nSPS) is 36.9. The molecule has 86 valence electrons. The van der Waals surface area contributed by atoms with Crippen LogP contribution >= 0.6 is 11.6 Å². The summed E-state index contributed by atoms with van der Waals surface area (Å²) in [7, 11) is 0. The van der Waals surface area contributed by atoms with E-state index < -0.39 is 11.4 Å². The number of aliphatic hydroxyl groups is 1. The smallest absolute Gasteiger partial charge is 0.142 e. The highest BCUT2D eigenvalue weighted by atomic mass is 35.5. The lowest BCUT2D eigenvalue weighted by molar-refractivity contribution is 0.117. The van der Waals surface area contributed by atoms with Gasteiger partial charge in [-0.1, -0.05) is 30.5 Å². The SMILES string of the molecule is OC1(c2ccc(Cl)c(F)c2)C2CCCCC21. The van der Waals surface area contributed by atoms with Crippen LogP contribution in [0.4, 0.5) is 4.39 Å². The summed E-state index contributed by atoms with van der Waals surface area (Å²) in [5.41, 5.74) is -0.0756. The van der Waals surface area contributed by atoms with E-state index in [1.54, 1.807) is 6.07 Å². The summed E-state index contributed by atoms with van der Waals surface area (Å²) in [5, 5.41) is 10.7. The molecule has 3 rings (SSSR count). The van der Waals surface area contributed by atoms with Crippen LogP contribution in [0.25, 0.3) is 0 Å². The number of hydrogen-bond acceptors (Lipinski definition) is 1. The van der Waals surface area contributed by atoms with Gasteiger partial charge < -0.3 is 5.11 Å². The fourth-order valence-corrected chi connectivity index (χ4v) is 3.38. The molecule has 1 aromatic carbocycles. The van der Waals surface area contributed by atoms with E-state index in [1.165, 1.54) is 25.0 Å². The quantitative estimate of drug-likeness (QED) is 0.797. The van der Waals surface area contributed by atoms with Crippen molar-refractivity contribution >= 4 is 11.6 Å². The van der Waals surface area contributed by atoms with Gasteiger partial charge >= 0.3 is 0 Å². The summed E-state index contributed by atoms with van der Waals surface area (Å²) in [6.45, 7) is 0. The van der Waals surface area contributed by atoms with Gasteiger partial charge in [-0.2, -0.15) is 0 Å². The lowest BCUT2D eigenvalue weighted by Crippen LogP contribution is -2.10. The number of halogens is 2. The summed E-state index contributed by atoms with van der Waals surface area (Å²) >= 11 is 5.65. The molecule has 0 aliphatic heterocycles. The molecular formula is C13H14ClFO. The van der Waals surface area contributed by atoms with E-state index in [0.29, 0.717) is 17.4 Å². The number of fused-ring (bicyclic) bond motifs is 1. The molecule has 0 saturated heterocycles. The monoisotopic (exact) mass is 240 g/mol. The van der Waals surface area contributed by atoms with Crippen molar-refractivity contribution < 1.29 is 9.50 Å². The van der Waals surface area contributed by atoms with Gasteiger partial charge in [-0.05, 0) is 42.4 Å². The average Bonchev–Trinajstić information content (AvgIpc) is 2.91. The van der Waals surface area contributed by atoms with E-state index >= 15 is 0 Å². The van der Waals surface area contributed by atoms with Gasteiger partial charge in [0.25, 0.3) is 0 Å². The second-order valence-electron chi connectivity index (χ2n) is 4.95. The highest BCUT2D eigenvalue weighted by molar-refractivity contribution is 6.30. The van der Waals surface area contributed by atoms with Crippen LogP contribution in [0.3, 0.4) is 0 Å². The molecule has 0 heterocycles. The molecule has 0 amide bonds. The van der Waals surface area contributed by atoms with E-state index in [0.717, 1.165) is 12.8 Å². The Morgan fingerprint density at radius 2 is 1.88 bits per heavy atom. The van der Waals surface area contributed by atoms with Crippen molar-refractivity contribution in [2.75, 3.05) is 0 Å². The molecule has 1 nitrogen and oxygen atoms in total. The Kier molecular flexibility index (Phi) is 2.27. The van der Waals surface area contributed by atoms with Crippen LogP contribution in [0, 0.1) is 17.7 Å². The van der Waals surface area contributed by atoms with Crippen molar-refractivity contribution in [1.82, 2.24) is 0 Å². The summed E-state index contributed by atoms with van der Waals surface area (Å²) in [4.78, 5) is 0. The van der Waals surface area contributed by atoms with Crippen molar-refractivity contribution in [3.8, 4) is 0 Å². The zero-order valence-electron chi connectivity index (χ0n) is 8.92. The van der Waals surface area contributed by atoms with Crippen LogP contribution in [-0.2, 0) is 5.60 Å². The molecule has 2 aliphatic carbocycles. The fraction of sp³-hybridized carbons (Fsp3) is 0.538. The topological polar surface area (TPSA) is 20.2 Å². The summed E-state index contributed by atoms with van der Waals surface area (Å²) in [6.07, 6.45) is 4.48. The molecule has 0 radical (unpaired) electrons. The van der Waals surface area contributed by atoms with Crippen molar-refractivity contribution in [2.45, 2.75) is 31.3 Å². The van der Waals surface area contributed by atoms with Crippen LogP contribution in [0.5, 0.6) is 0 Å². The fourth-order valence-electron chi connectivity index (χ4n) is 3.27. The maximum absolute atomic E-state index is 13.4. The zero-order valence-corrected chi connectivity index (χ0v) is 9.67. The van der Waals surface area contributed by atoms with E-state index in [2.05, 4.69) is 0 Å². The highest BCUT2D eigenvalue weighted by Gasteiger charge is 2.64. The van der Waals surface area contributed by atoms with E-state index in [4.69, 9.17) is 11.6 Å². The van der Waals surface area contributed by atoms with Gasteiger partial charge in [-0.3, -0.25) is 0 Å². The van der Waals surface area contributed by atoms with Gasteiger partial charge in [0.15, 0.2) is 0 Å². The number of hydrogen-bond donors (Lipinski definition) is 1. The first-order chi connectivity index (χ1) is 7.64. The third kappa shape index (κ3) is 1.33. The van der Waals surface area contributed by atoms with Crippen LogP contribution in [0.15, 0.2) is 18.2 Å². The van der Waals surface area contributed by atoms with Gasteiger partial charge in [0.1, 0.15) is 5.82 Å². The number of rotatable bonds is 1. The lowest BCUT2D eigenvalue weighted by atomic mass is 10.0. The Morgan fingerprint density at radius 1 is 1.25 bits per heavy atom. The predicted molar refractivity (Wildman–Crippen MR) is 60.8 cm³/mol. The first kappa shape index (κ1) is 10.5. The van der Waals surface area contributed by atoms with Crippen molar-refractivity contribution in [3.05, 3.63) is 34.6 Å². The first-order valence-electron chi connectivity index (χ1n) is 5.82. The minimum Gasteiger partial charge on any atom is -0.385 e. The first-order valence-corrected chi connectivity index (χ1v) is 6.19. The Bertz CT molecular complexity index is 420. The molecule has 1 N–H and O–H groups in total. The molecule has 3 heteroatoms. The molecule has 2 atom stereocenters. The predicted octanol–water partition coefficient (Wildman–Crippen LogP) is 3.49. The van der Waals surface area contributed by atoms with Crippen LogP contribution in [0.2, 0.25) is 5.02 Å². The third-order valence-electron chi connectivity index (χ3n) is 4.17. The van der Waals surface area contributed by atoms with Crippen LogP contribution < -0.4 is 0 Å². The van der Waals surface area contributed by atoms with Crippen molar-refractivity contribution in [3.63, 3.8) is 0 Å². The molecule has 0 spiro atoms. The van der Waals surface area contributed by atoms with Crippen LogP contribution in [0.1, 0.15) is 31.2 Å². The minimum atomic E-state index is -0.776. The van der Waals surface area contributed by atoms with Gasteiger partial charge in [-0.25, -0.2) is 4.39 Å². The van der Waals surface area contributed by atoms with E-state index in [9.17, 15) is 9.50 Å². The van der Waals surface area contributed by atoms with Gasteiger partial charge in [0.05, 0.1) is 10.6 Å². The maximum atomic E-state index is 13.4. The molecule has 2 saturated carbocycles. The Hall–Kier alpha value is -0.600. The summed E-state index contributed by atoms with van der Waals surface area (Å²) < 4.78 is 13.4. The summed E-state index contributed by atoms with van der Waals surface area (Å²) in [6, 6.07) is 4.68. The average molecular weight is 241 g/mol. The molecule has 0 aromatic heterocycles. The van der Waals surface area contributed by atoms with Crippen LogP contribution in [-0.4, -0.2) is 5.11 Å². The van der Waals surface area contributed by atoms with E-state index in [-0.39, 0.29) is 5.02 Å². The summed E-state index contributed by atoms with van der Waals surface area (Å²) in [5.74, 6) is 0.236. The van der Waals surface area contributed by atoms with Gasteiger partial charge in [0.2, 0.25) is 0 Å².